The number of carbonyl (C=O) groups excluding carboxylic acids is 1. The van der Waals surface area contributed by atoms with E-state index >= 15 is 0 Å². The summed E-state index contributed by atoms with van der Waals surface area (Å²) in [6.07, 6.45) is 3.43. The minimum atomic E-state index is 0.275. The molecule has 0 saturated carbocycles. The van der Waals surface area contributed by atoms with Crippen LogP contribution in [0.15, 0.2) is 17.7 Å². The van der Waals surface area contributed by atoms with E-state index in [9.17, 15) is 4.79 Å². The first kappa shape index (κ1) is 19.9. The average Bonchev–Trinajstić information content (AvgIpc) is 2.58. The van der Waals surface area contributed by atoms with Gasteiger partial charge in [-0.05, 0) is 55.7 Å². The molecule has 1 aliphatic rings. The minimum Gasteiger partial charge on any atom is -0.382 e. The van der Waals surface area contributed by atoms with Gasteiger partial charge < -0.3 is 9.47 Å². The van der Waals surface area contributed by atoms with Gasteiger partial charge in [0.05, 0.1) is 19.8 Å². The Morgan fingerprint density at radius 2 is 1.68 bits per heavy atom. The van der Waals surface area contributed by atoms with Crippen molar-refractivity contribution in [3.05, 3.63) is 40.0 Å². The molecule has 1 aliphatic carbocycles. The van der Waals surface area contributed by atoms with Crippen molar-refractivity contribution in [1.29, 1.82) is 0 Å². The number of Topliss-reactive ketones (excluding diaryl/α,β-unsaturated/α-hetero) is 1. The summed E-state index contributed by atoms with van der Waals surface area (Å²) in [5, 5.41) is 0. The monoisotopic (exact) mass is 344 g/mol. The molecule has 0 N–H and O–H groups in total. The van der Waals surface area contributed by atoms with Crippen molar-refractivity contribution in [2.45, 2.75) is 53.4 Å². The molecule has 1 aromatic rings. The van der Waals surface area contributed by atoms with Gasteiger partial charge in [0, 0.05) is 19.1 Å². The average molecular weight is 344 g/mol. The third kappa shape index (κ3) is 4.80. The van der Waals surface area contributed by atoms with Gasteiger partial charge in [-0.1, -0.05) is 37.1 Å². The minimum absolute atomic E-state index is 0.275. The largest absolute Gasteiger partial charge is 0.382 e. The fraction of sp³-hybridized carbons (Fsp3) is 0.591. The van der Waals surface area contributed by atoms with Gasteiger partial charge in [-0.2, -0.15) is 0 Å². The highest BCUT2D eigenvalue weighted by atomic mass is 16.5. The smallest absolute Gasteiger partial charge is 0.163 e. The predicted molar refractivity (Wildman–Crippen MR) is 103 cm³/mol. The molecule has 0 saturated heterocycles. The van der Waals surface area contributed by atoms with Crippen LogP contribution in [-0.2, 0) is 27.1 Å². The Kier molecular flexibility index (Phi) is 7.39. The zero-order valence-corrected chi connectivity index (χ0v) is 16.4. The third-order valence-corrected chi connectivity index (χ3v) is 5.02. The van der Waals surface area contributed by atoms with Crippen LogP contribution in [0.2, 0.25) is 0 Å². The van der Waals surface area contributed by atoms with Crippen LogP contribution in [0.1, 0.15) is 55.9 Å². The number of rotatable bonds is 8. The van der Waals surface area contributed by atoms with Crippen LogP contribution in [0.25, 0.3) is 5.57 Å². The van der Waals surface area contributed by atoms with Crippen molar-refractivity contribution in [2.75, 3.05) is 26.9 Å². The van der Waals surface area contributed by atoms with Crippen molar-refractivity contribution in [3.63, 3.8) is 0 Å². The molecule has 1 aromatic carbocycles. The lowest BCUT2D eigenvalue weighted by atomic mass is 9.77. The Balaban J connectivity index is 2.29. The fourth-order valence-electron chi connectivity index (χ4n) is 3.89. The molecule has 0 amide bonds. The Labute approximate surface area is 152 Å². The molecule has 25 heavy (non-hydrogen) atoms. The van der Waals surface area contributed by atoms with Crippen molar-refractivity contribution in [1.82, 2.24) is 0 Å². The van der Waals surface area contributed by atoms with E-state index in [0.29, 0.717) is 26.2 Å². The van der Waals surface area contributed by atoms with Crippen molar-refractivity contribution in [3.8, 4) is 0 Å². The molecule has 3 heteroatoms. The Morgan fingerprint density at radius 3 is 2.20 bits per heavy atom. The van der Waals surface area contributed by atoms with E-state index in [2.05, 4.69) is 39.8 Å². The lowest BCUT2D eigenvalue weighted by Gasteiger charge is -2.27. The zero-order chi connectivity index (χ0) is 18.4. The van der Waals surface area contributed by atoms with Gasteiger partial charge in [-0.15, -0.1) is 0 Å². The van der Waals surface area contributed by atoms with Gasteiger partial charge in [-0.25, -0.2) is 0 Å². The molecule has 2 rings (SSSR count). The molecule has 0 aromatic heterocycles. The molecule has 0 heterocycles. The number of aryl methyl sites for hydroxylation is 3. The number of benzene rings is 1. The highest BCUT2D eigenvalue weighted by Gasteiger charge is 2.29. The van der Waals surface area contributed by atoms with Crippen molar-refractivity contribution >= 4 is 11.4 Å². The highest BCUT2D eigenvalue weighted by Crippen LogP contribution is 2.37. The first-order chi connectivity index (χ1) is 12.0. The molecule has 0 radical (unpaired) electrons. The Morgan fingerprint density at radius 1 is 1.04 bits per heavy atom. The van der Waals surface area contributed by atoms with Gasteiger partial charge in [0.25, 0.3) is 0 Å². The van der Waals surface area contributed by atoms with Crippen molar-refractivity contribution in [2.24, 2.45) is 5.92 Å². The second-order valence-corrected chi connectivity index (χ2v) is 7.09. The first-order valence-corrected chi connectivity index (χ1v) is 9.44. The number of ketones is 1. The van der Waals surface area contributed by atoms with Crippen LogP contribution < -0.4 is 0 Å². The number of hydrogen-bond donors (Lipinski definition) is 0. The summed E-state index contributed by atoms with van der Waals surface area (Å²) < 4.78 is 10.7. The number of ether oxygens (including phenoxy) is 2. The van der Waals surface area contributed by atoms with Crippen molar-refractivity contribution < 1.29 is 14.3 Å². The predicted octanol–water partition coefficient (Wildman–Crippen LogP) is 4.54. The van der Waals surface area contributed by atoms with Crippen LogP contribution in [0.3, 0.4) is 0 Å². The summed E-state index contributed by atoms with van der Waals surface area (Å²) in [5.74, 6) is 0.561. The summed E-state index contributed by atoms with van der Waals surface area (Å²) in [5.41, 5.74) is 7.27. The molecule has 0 spiro atoms. The number of carbonyl (C=O) groups is 1. The summed E-state index contributed by atoms with van der Waals surface area (Å²) in [6, 6.07) is 4.48. The van der Waals surface area contributed by atoms with Gasteiger partial charge in [0.2, 0.25) is 0 Å². The number of methoxy groups -OCH3 is 1. The number of hydrogen-bond acceptors (Lipinski definition) is 3. The summed E-state index contributed by atoms with van der Waals surface area (Å²) in [6.45, 7) is 10.4. The molecule has 138 valence electrons. The molecule has 1 unspecified atom stereocenters. The maximum absolute atomic E-state index is 13.0. The van der Waals surface area contributed by atoms with Crippen LogP contribution in [-0.4, -0.2) is 32.7 Å². The molecule has 3 nitrogen and oxygen atoms in total. The lowest BCUT2D eigenvalue weighted by molar-refractivity contribution is -0.115. The molecular formula is C22H32O3. The van der Waals surface area contributed by atoms with E-state index in [4.69, 9.17) is 9.47 Å². The molecule has 1 atom stereocenters. The molecule has 0 aliphatic heterocycles. The lowest BCUT2D eigenvalue weighted by Crippen LogP contribution is -2.23. The molecule has 0 fully saturated rings. The van der Waals surface area contributed by atoms with Crippen LogP contribution in [0.4, 0.5) is 0 Å². The van der Waals surface area contributed by atoms with Gasteiger partial charge in [0.15, 0.2) is 5.78 Å². The van der Waals surface area contributed by atoms with E-state index in [1.807, 2.05) is 0 Å². The summed E-state index contributed by atoms with van der Waals surface area (Å²) in [7, 11) is 1.67. The second-order valence-electron chi connectivity index (χ2n) is 7.09. The summed E-state index contributed by atoms with van der Waals surface area (Å²) >= 11 is 0. The molecule has 0 bridgehead atoms. The molecular weight excluding hydrogens is 312 g/mol. The summed E-state index contributed by atoms with van der Waals surface area (Å²) in [4.78, 5) is 13.0. The SMILES string of the molecule is CCc1cc(C)cc(CC)c1C1=C(C)CC(COCCOC)CC1=O. The normalized spacial score (nSPS) is 18.1. The number of allylic oxidation sites excluding steroid dienone is 2. The quantitative estimate of drug-likeness (QED) is 0.650. The highest BCUT2D eigenvalue weighted by molar-refractivity contribution is 6.23. The standard InChI is InChI=1S/C22H32O3/c1-6-18-10-15(3)11-19(7-2)22(18)21-16(4)12-17(13-20(21)23)14-25-9-8-24-5/h10-11,17H,6-9,12-14H2,1-5H3. The fourth-order valence-corrected chi connectivity index (χ4v) is 3.89. The van der Waals surface area contributed by atoms with E-state index in [-0.39, 0.29) is 11.7 Å². The maximum Gasteiger partial charge on any atom is 0.163 e. The van der Waals surface area contributed by atoms with E-state index in [0.717, 1.165) is 24.8 Å². The van der Waals surface area contributed by atoms with E-state index in [1.54, 1.807) is 7.11 Å². The first-order valence-electron chi connectivity index (χ1n) is 9.44. The van der Waals surface area contributed by atoms with Crippen LogP contribution in [0.5, 0.6) is 0 Å². The topological polar surface area (TPSA) is 35.5 Å². The third-order valence-electron chi connectivity index (χ3n) is 5.02. The van der Waals surface area contributed by atoms with Crippen LogP contribution >= 0.6 is 0 Å². The van der Waals surface area contributed by atoms with Gasteiger partial charge >= 0.3 is 0 Å². The van der Waals surface area contributed by atoms with E-state index in [1.165, 1.54) is 27.8 Å². The Bertz CT molecular complexity index is 618. The Hall–Kier alpha value is -1.45. The van der Waals surface area contributed by atoms with Gasteiger partial charge in [0.1, 0.15) is 0 Å². The second kappa shape index (κ2) is 9.30. The zero-order valence-electron chi connectivity index (χ0n) is 16.4. The van der Waals surface area contributed by atoms with E-state index < -0.39 is 0 Å². The van der Waals surface area contributed by atoms with Crippen LogP contribution in [0, 0.1) is 12.8 Å². The maximum atomic E-state index is 13.0. The van der Waals surface area contributed by atoms with Gasteiger partial charge in [-0.3, -0.25) is 4.79 Å².